The van der Waals surface area contributed by atoms with E-state index in [2.05, 4.69) is 9.73 Å². The summed E-state index contributed by atoms with van der Waals surface area (Å²) < 4.78 is 52.5. The third kappa shape index (κ3) is 2.80. The molecule has 7 heteroatoms. The molecule has 0 spiro atoms. The Labute approximate surface area is 87.4 Å². The second kappa shape index (κ2) is 4.76. The smallest absolute Gasteiger partial charge is 0.426 e. The lowest BCUT2D eigenvalue weighted by molar-refractivity contribution is -0.252. The van der Waals surface area contributed by atoms with E-state index in [1.165, 1.54) is 12.1 Å². The summed E-state index contributed by atoms with van der Waals surface area (Å²) in [4.78, 5) is 13.0. The normalized spacial score (nSPS) is 11.1. The first-order valence-electron chi connectivity index (χ1n) is 3.99. The van der Waals surface area contributed by atoms with Crippen LogP contribution >= 0.6 is 0 Å². The van der Waals surface area contributed by atoms with E-state index in [9.17, 15) is 22.4 Å². The van der Waals surface area contributed by atoms with Crippen molar-refractivity contribution in [2.24, 2.45) is 4.99 Å². The van der Waals surface area contributed by atoms with E-state index in [-0.39, 0.29) is 5.69 Å². The highest BCUT2D eigenvalue weighted by molar-refractivity contribution is 5.57. The van der Waals surface area contributed by atoms with Crippen molar-refractivity contribution in [1.29, 1.82) is 0 Å². The third-order valence-corrected chi connectivity index (χ3v) is 1.53. The molecule has 3 nitrogen and oxygen atoms in total. The molecule has 0 heterocycles. The zero-order valence-corrected chi connectivity index (χ0v) is 7.66. The minimum Gasteiger partial charge on any atom is -0.426 e. The van der Waals surface area contributed by atoms with E-state index in [4.69, 9.17) is 0 Å². The minimum absolute atomic E-state index is 0.294. The van der Waals surface area contributed by atoms with Crippen LogP contribution in [0.1, 0.15) is 0 Å². The maximum absolute atomic E-state index is 12.5. The van der Waals surface area contributed by atoms with Crippen LogP contribution in [0.3, 0.4) is 0 Å². The molecule has 0 aliphatic rings. The van der Waals surface area contributed by atoms with E-state index in [0.29, 0.717) is 0 Å². The van der Waals surface area contributed by atoms with Gasteiger partial charge in [0.15, 0.2) is 5.75 Å². The molecule has 0 fully saturated rings. The molecule has 0 unspecified atom stereocenters. The van der Waals surface area contributed by atoms with Crippen molar-refractivity contribution in [3.05, 3.63) is 24.3 Å². The summed E-state index contributed by atoms with van der Waals surface area (Å²) in [5.74, 6) is -0.615. The van der Waals surface area contributed by atoms with Gasteiger partial charge in [-0.15, -0.1) is 0 Å². The Morgan fingerprint density at radius 3 is 2.50 bits per heavy atom. The van der Waals surface area contributed by atoms with Crippen molar-refractivity contribution in [2.75, 3.05) is 0 Å². The van der Waals surface area contributed by atoms with Gasteiger partial charge < -0.3 is 4.74 Å². The predicted octanol–water partition coefficient (Wildman–Crippen LogP) is 2.89. The number of ether oxygens (including phenoxy) is 1. The number of carbonyl (C=O) groups excluding carboxylic acids is 1. The molecule has 1 rings (SSSR count). The van der Waals surface area contributed by atoms with E-state index >= 15 is 0 Å². The summed E-state index contributed by atoms with van der Waals surface area (Å²) in [6.45, 7) is 0. The minimum atomic E-state index is -4.63. The number of rotatable bonds is 4. The maximum atomic E-state index is 12.5. The van der Waals surface area contributed by atoms with Crippen molar-refractivity contribution >= 4 is 11.8 Å². The molecule has 0 aromatic heterocycles. The molecule has 0 radical (unpaired) electrons. The van der Waals surface area contributed by atoms with Crippen molar-refractivity contribution in [1.82, 2.24) is 0 Å². The van der Waals surface area contributed by atoms with Crippen molar-refractivity contribution < 1.29 is 27.1 Å². The van der Waals surface area contributed by atoms with Crippen LogP contribution in [0.5, 0.6) is 5.75 Å². The Morgan fingerprint density at radius 1 is 1.31 bits per heavy atom. The van der Waals surface area contributed by atoms with E-state index in [1.807, 2.05) is 0 Å². The summed E-state index contributed by atoms with van der Waals surface area (Å²) in [5, 5.41) is 0. The number of hydrogen-bond acceptors (Lipinski definition) is 3. The number of aliphatic imine (C=N–C) groups is 1. The largest absolute Gasteiger partial charge is 0.461 e. The molecule has 0 aliphatic carbocycles. The molecule has 0 N–H and O–H groups in total. The van der Waals surface area contributed by atoms with Gasteiger partial charge in [-0.2, -0.15) is 22.6 Å². The highest BCUT2D eigenvalue weighted by Crippen LogP contribution is 2.33. The Morgan fingerprint density at radius 2 is 1.94 bits per heavy atom. The number of nitrogens with zero attached hydrogens (tertiary/aromatic N) is 1. The van der Waals surface area contributed by atoms with Gasteiger partial charge in [-0.05, 0) is 12.1 Å². The Balaban J connectivity index is 3.01. The highest BCUT2D eigenvalue weighted by atomic mass is 19.3. The van der Waals surface area contributed by atoms with Crippen LogP contribution in [0.2, 0.25) is 0 Å². The zero-order chi connectivity index (χ0) is 12.2. The number of isocyanates is 1. The van der Waals surface area contributed by atoms with Crippen LogP contribution in [0.4, 0.5) is 23.2 Å². The van der Waals surface area contributed by atoms with Crippen LogP contribution in [0.25, 0.3) is 0 Å². The zero-order valence-electron chi connectivity index (χ0n) is 7.66. The number of para-hydroxylation sites is 2. The fourth-order valence-corrected chi connectivity index (χ4v) is 0.876. The number of benzene rings is 1. The van der Waals surface area contributed by atoms with Gasteiger partial charge in [0.25, 0.3) is 0 Å². The van der Waals surface area contributed by atoms with Crippen molar-refractivity contribution in [3.63, 3.8) is 0 Å². The lowest BCUT2D eigenvalue weighted by Crippen LogP contribution is -2.33. The monoisotopic (exact) mass is 235 g/mol. The predicted molar refractivity (Wildman–Crippen MR) is 45.8 cm³/mol. The lowest BCUT2D eigenvalue weighted by atomic mass is 10.3. The summed E-state index contributed by atoms with van der Waals surface area (Å²) in [7, 11) is 0. The fourth-order valence-electron chi connectivity index (χ4n) is 0.876. The van der Waals surface area contributed by atoms with Crippen LogP contribution in [-0.2, 0) is 4.79 Å². The van der Waals surface area contributed by atoms with Gasteiger partial charge in [-0.25, -0.2) is 4.79 Å². The van der Waals surface area contributed by atoms with Gasteiger partial charge in [0.05, 0.1) is 0 Å². The molecule has 0 atom stereocenters. The van der Waals surface area contributed by atoms with E-state index < -0.39 is 18.3 Å². The average molecular weight is 235 g/mol. The lowest BCUT2D eigenvalue weighted by Gasteiger charge is -2.17. The van der Waals surface area contributed by atoms with Gasteiger partial charge >= 0.3 is 12.5 Å². The average Bonchev–Trinajstić information content (AvgIpc) is 2.20. The number of halogens is 4. The summed E-state index contributed by atoms with van der Waals surface area (Å²) >= 11 is 0. The van der Waals surface area contributed by atoms with E-state index in [1.54, 1.807) is 0 Å². The molecular formula is C9H5F4NO2. The van der Waals surface area contributed by atoms with Crippen molar-refractivity contribution in [3.8, 4) is 5.75 Å². The van der Waals surface area contributed by atoms with Crippen LogP contribution in [0, 0.1) is 0 Å². The van der Waals surface area contributed by atoms with Crippen LogP contribution in [0.15, 0.2) is 29.3 Å². The second-order valence-corrected chi connectivity index (χ2v) is 2.64. The first kappa shape index (κ1) is 12.2. The molecule has 0 aliphatic heterocycles. The van der Waals surface area contributed by atoms with Crippen molar-refractivity contribution in [2.45, 2.75) is 12.5 Å². The van der Waals surface area contributed by atoms with Gasteiger partial charge in [-0.1, -0.05) is 12.1 Å². The number of hydrogen-bond donors (Lipinski definition) is 0. The summed E-state index contributed by atoms with van der Waals surface area (Å²) in [6.07, 6.45) is -7.50. The first-order chi connectivity index (χ1) is 7.47. The molecule has 16 heavy (non-hydrogen) atoms. The maximum Gasteiger partial charge on any atom is 0.461 e. The molecule has 0 bridgehead atoms. The summed E-state index contributed by atoms with van der Waals surface area (Å²) in [6, 6.07) is 4.80. The van der Waals surface area contributed by atoms with Gasteiger partial charge in [0.1, 0.15) is 5.69 Å². The second-order valence-electron chi connectivity index (χ2n) is 2.64. The molecule has 1 aromatic rings. The SMILES string of the molecule is O=C=Nc1ccccc1OC(F)(F)C(F)F. The van der Waals surface area contributed by atoms with Gasteiger partial charge in [0.2, 0.25) is 6.08 Å². The molecule has 1 aromatic carbocycles. The highest BCUT2D eigenvalue weighted by Gasteiger charge is 2.44. The summed E-state index contributed by atoms with van der Waals surface area (Å²) in [5.41, 5.74) is -0.294. The van der Waals surface area contributed by atoms with Crippen LogP contribution < -0.4 is 4.74 Å². The molecule has 0 saturated heterocycles. The Bertz CT molecular complexity index is 416. The molecular weight excluding hydrogens is 230 g/mol. The van der Waals surface area contributed by atoms with Crippen LogP contribution in [-0.4, -0.2) is 18.6 Å². The van der Waals surface area contributed by atoms with E-state index in [0.717, 1.165) is 18.2 Å². The third-order valence-electron chi connectivity index (χ3n) is 1.53. The number of alkyl halides is 4. The molecule has 0 saturated carbocycles. The standard InChI is InChI=1S/C9H5F4NO2/c10-8(11)9(12,13)16-7-4-2-1-3-6(7)14-5-15/h1-4,8H. The topological polar surface area (TPSA) is 38.7 Å². The molecule has 0 amide bonds. The fraction of sp³-hybridized carbons (Fsp3) is 0.222. The molecule has 86 valence electrons. The quantitative estimate of drug-likeness (QED) is 0.457. The Kier molecular flexibility index (Phi) is 3.63. The first-order valence-corrected chi connectivity index (χ1v) is 3.99. The Hall–Kier alpha value is -1.88. The van der Waals surface area contributed by atoms with Gasteiger partial charge in [-0.3, -0.25) is 0 Å². The van der Waals surface area contributed by atoms with Gasteiger partial charge in [0, 0.05) is 0 Å².